The predicted octanol–water partition coefficient (Wildman–Crippen LogP) is 1.76. The highest BCUT2D eigenvalue weighted by molar-refractivity contribution is 6.32. The highest BCUT2D eigenvalue weighted by Crippen LogP contribution is 2.26. The predicted molar refractivity (Wildman–Crippen MR) is 49.9 cm³/mol. The van der Waals surface area contributed by atoms with Crippen LogP contribution in [0.25, 0.3) is 0 Å². The number of carboxylic acids is 1. The van der Waals surface area contributed by atoms with Crippen molar-refractivity contribution < 1.29 is 23.8 Å². The van der Waals surface area contributed by atoms with E-state index < -0.39 is 18.4 Å². The van der Waals surface area contributed by atoms with E-state index >= 15 is 0 Å². The topological polar surface area (TPSA) is 63.6 Å². The number of rotatable bonds is 4. The summed E-state index contributed by atoms with van der Waals surface area (Å²) < 4.78 is 17.7. The van der Waals surface area contributed by atoms with Gasteiger partial charge in [0.05, 0.1) is 10.6 Å². The molecular formula is C9H6ClFO4. The Hall–Kier alpha value is -1.62. The Bertz CT molecular complexity index is 405. The summed E-state index contributed by atoms with van der Waals surface area (Å²) in [6, 6.07) is 1.94. The summed E-state index contributed by atoms with van der Waals surface area (Å²) in [5.41, 5.74) is -0.206. The van der Waals surface area contributed by atoms with Gasteiger partial charge in [0.25, 0.3) is 0 Å². The van der Waals surface area contributed by atoms with Crippen molar-refractivity contribution in [1.29, 1.82) is 0 Å². The number of carbonyl (C=O) groups is 2. The number of hydrogen-bond acceptors (Lipinski definition) is 3. The third-order valence-corrected chi connectivity index (χ3v) is 1.82. The van der Waals surface area contributed by atoms with Crippen LogP contribution >= 0.6 is 11.6 Å². The molecule has 1 aromatic rings. The Balaban J connectivity index is 2.94. The maximum atomic E-state index is 13.0. The second kappa shape index (κ2) is 4.75. The Morgan fingerprint density at radius 3 is 2.80 bits per heavy atom. The Labute approximate surface area is 89.2 Å². The van der Waals surface area contributed by atoms with Crippen molar-refractivity contribution in [2.75, 3.05) is 6.61 Å². The highest BCUT2D eigenvalue weighted by Gasteiger charge is 2.10. The Kier molecular flexibility index (Phi) is 3.62. The molecule has 6 heteroatoms. The molecule has 15 heavy (non-hydrogen) atoms. The lowest BCUT2D eigenvalue weighted by atomic mass is 10.2. The van der Waals surface area contributed by atoms with Crippen LogP contribution in [0.1, 0.15) is 10.4 Å². The monoisotopic (exact) mass is 232 g/mol. The summed E-state index contributed by atoms with van der Waals surface area (Å²) in [6.07, 6.45) is 0.308. The lowest BCUT2D eigenvalue weighted by Crippen LogP contribution is -2.10. The molecule has 0 saturated heterocycles. The summed E-state index contributed by atoms with van der Waals surface area (Å²) in [6.45, 7) is -0.625. The smallest absolute Gasteiger partial charge is 0.341 e. The summed E-state index contributed by atoms with van der Waals surface area (Å²) in [5.74, 6) is -2.12. The number of benzene rings is 1. The van der Waals surface area contributed by atoms with Crippen LogP contribution in [-0.4, -0.2) is 24.0 Å². The second-order valence-corrected chi connectivity index (χ2v) is 3.01. The summed E-state index contributed by atoms with van der Waals surface area (Å²) in [5, 5.41) is 8.30. The molecule has 80 valence electrons. The van der Waals surface area contributed by atoms with Gasteiger partial charge in [-0.3, -0.25) is 4.79 Å². The number of carboxylic acid groups (broad SMARTS) is 1. The van der Waals surface area contributed by atoms with Gasteiger partial charge >= 0.3 is 5.97 Å². The summed E-state index contributed by atoms with van der Waals surface area (Å²) in [4.78, 5) is 20.5. The molecule has 0 atom stereocenters. The van der Waals surface area contributed by atoms with Crippen LogP contribution in [0.2, 0.25) is 5.02 Å². The van der Waals surface area contributed by atoms with E-state index in [1.807, 2.05) is 0 Å². The third-order valence-electron chi connectivity index (χ3n) is 1.53. The maximum absolute atomic E-state index is 13.0. The van der Waals surface area contributed by atoms with Crippen LogP contribution < -0.4 is 4.74 Å². The normalized spacial score (nSPS) is 9.73. The first-order chi connectivity index (χ1) is 7.04. The van der Waals surface area contributed by atoms with Crippen LogP contribution in [0.3, 0.4) is 0 Å². The lowest BCUT2D eigenvalue weighted by molar-refractivity contribution is -0.139. The van der Waals surface area contributed by atoms with E-state index in [1.165, 1.54) is 0 Å². The van der Waals surface area contributed by atoms with Gasteiger partial charge in [-0.2, -0.15) is 0 Å². The molecule has 0 spiro atoms. The zero-order valence-electron chi connectivity index (χ0n) is 7.37. The molecule has 0 aliphatic rings. The Morgan fingerprint density at radius 2 is 2.27 bits per heavy atom. The molecule has 1 N–H and O–H groups in total. The number of halogens is 2. The second-order valence-electron chi connectivity index (χ2n) is 2.60. The van der Waals surface area contributed by atoms with E-state index in [9.17, 15) is 14.0 Å². The van der Waals surface area contributed by atoms with Crippen LogP contribution in [0.4, 0.5) is 4.39 Å². The molecule has 4 nitrogen and oxygen atoms in total. The van der Waals surface area contributed by atoms with Gasteiger partial charge in [0.15, 0.2) is 12.9 Å². The van der Waals surface area contributed by atoms with Gasteiger partial charge in [0.2, 0.25) is 0 Å². The van der Waals surface area contributed by atoms with E-state index in [0.29, 0.717) is 6.29 Å². The number of carbonyl (C=O) groups excluding carboxylic acids is 1. The molecule has 0 radical (unpaired) electrons. The van der Waals surface area contributed by atoms with E-state index in [0.717, 1.165) is 12.1 Å². The van der Waals surface area contributed by atoms with Crippen molar-refractivity contribution in [3.63, 3.8) is 0 Å². The molecule has 0 saturated carbocycles. The molecule has 0 unspecified atom stereocenters. The van der Waals surface area contributed by atoms with Crippen LogP contribution in [0.5, 0.6) is 5.75 Å². The first kappa shape index (κ1) is 11.5. The molecule has 0 aliphatic carbocycles. The van der Waals surface area contributed by atoms with Crippen molar-refractivity contribution in [1.82, 2.24) is 0 Å². The zero-order chi connectivity index (χ0) is 11.4. The van der Waals surface area contributed by atoms with E-state index in [1.54, 1.807) is 0 Å². The first-order valence-electron chi connectivity index (χ1n) is 3.83. The minimum atomic E-state index is -1.20. The van der Waals surface area contributed by atoms with Gasteiger partial charge in [0, 0.05) is 6.07 Å². The number of ether oxygens (including phenoxy) is 1. The number of aldehydes is 1. The van der Waals surface area contributed by atoms with Gasteiger partial charge in [-0.25, -0.2) is 9.18 Å². The van der Waals surface area contributed by atoms with Crippen molar-refractivity contribution in [2.24, 2.45) is 0 Å². The minimum Gasteiger partial charge on any atom is -0.480 e. The van der Waals surface area contributed by atoms with Gasteiger partial charge in [0.1, 0.15) is 11.6 Å². The summed E-state index contributed by atoms with van der Waals surface area (Å²) in [7, 11) is 0. The minimum absolute atomic E-state index is 0.0141. The summed E-state index contributed by atoms with van der Waals surface area (Å²) >= 11 is 5.62. The van der Waals surface area contributed by atoms with Gasteiger partial charge < -0.3 is 9.84 Å². The highest BCUT2D eigenvalue weighted by atomic mass is 35.5. The molecular weight excluding hydrogens is 227 g/mol. The molecule has 0 aromatic heterocycles. The lowest BCUT2D eigenvalue weighted by Gasteiger charge is -2.06. The SMILES string of the molecule is O=Cc1cc(Cl)c(OCC(=O)O)cc1F. The fourth-order valence-electron chi connectivity index (χ4n) is 0.884. The molecule has 0 fully saturated rings. The Morgan fingerprint density at radius 1 is 1.60 bits per heavy atom. The quantitative estimate of drug-likeness (QED) is 0.804. The maximum Gasteiger partial charge on any atom is 0.341 e. The molecule has 1 rings (SSSR count). The third kappa shape index (κ3) is 2.92. The number of hydrogen-bond donors (Lipinski definition) is 1. The van der Waals surface area contributed by atoms with E-state index in [-0.39, 0.29) is 16.3 Å². The average Bonchev–Trinajstić information content (AvgIpc) is 2.18. The van der Waals surface area contributed by atoms with Crippen molar-refractivity contribution in [2.45, 2.75) is 0 Å². The van der Waals surface area contributed by atoms with Gasteiger partial charge in [-0.05, 0) is 6.07 Å². The van der Waals surface area contributed by atoms with E-state index in [4.69, 9.17) is 21.4 Å². The zero-order valence-corrected chi connectivity index (χ0v) is 8.12. The van der Waals surface area contributed by atoms with Crippen molar-refractivity contribution >= 4 is 23.9 Å². The standard InChI is InChI=1S/C9H6ClFO4/c10-6-1-5(3-12)7(11)2-8(6)15-4-9(13)14/h1-3H,4H2,(H,13,14). The average molecular weight is 233 g/mol. The van der Waals surface area contributed by atoms with Gasteiger partial charge in [-0.1, -0.05) is 11.6 Å². The molecule has 0 amide bonds. The molecule has 0 aliphatic heterocycles. The molecule has 1 aromatic carbocycles. The largest absolute Gasteiger partial charge is 0.480 e. The van der Waals surface area contributed by atoms with Crippen LogP contribution in [-0.2, 0) is 4.79 Å². The van der Waals surface area contributed by atoms with Crippen LogP contribution in [0.15, 0.2) is 12.1 Å². The number of aliphatic carboxylic acids is 1. The van der Waals surface area contributed by atoms with E-state index in [2.05, 4.69) is 0 Å². The van der Waals surface area contributed by atoms with Crippen molar-refractivity contribution in [3.05, 3.63) is 28.5 Å². The molecule has 0 bridgehead atoms. The first-order valence-corrected chi connectivity index (χ1v) is 4.21. The molecule has 0 heterocycles. The van der Waals surface area contributed by atoms with Crippen LogP contribution in [0, 0.1) is 5.82 Å². The van der Waals surface area contributed by atoms with Crippen molar-refractivity contribution in [3.8, 4) is 5.75 Å². The fourth-order valence-corrected chi connectivity index (χ4v) is 1.11. The van der Waals surface area contributed by atoms with Gasteiger partial charge in [-0.15, -0.1) is 0 Å². The fraction of sp³-hybridized carbons (Fsp3) is 0.111.